The summed E-state index contributed by atoms with van der Waals surface area (Å²) in [5.74, 6) is -1.03. The summed E-state index contributed by atoms with van der Waals surface area (Å²) < 4.78 is 0. The predicted molar refractivity (Wildman–Crippen MR) is 70.6 cm³/mol. The molecule has 0 spiro atoms. The van der Waals surface area contributed by atoms with Crippen molar-refractivity contribution < 1.29 is 9.90 Å². The van der Waals surface area contributed by atoms with Gasteiger partial charge in [-0.15, -0.1) is 0 Å². The number of nitrogens with zero attached hydrogens (tertiary/aromatic N) is 2. The number of pyridine rings is 1. The van der Waals surface area contributed by atoms with Crippen molar-refractivity contribution >= 4 is 29.1 Å². The van der Waals surface area contributed by atoms with E-state index >= 15 is 0 Å². The van der Waals surface area contributed by atoms with Crippen LogP contribution in [0.2, 0.25) is 0 Å². The minimum Gasteiger partial charge on any atom is -0.481 e. The third-order valence-corrected chi connectivity index (χ3v) is 3.79. The predicted octanol–water partition coefficient (Wildman–Crippen LogP) is 2.86. The van der Waals surface area contributed by atoms with Gasteiger partial charge in [0.1, 0.15) is 11.1 Å². The van der Waals surface area contributed by atoms with Crippen molar-refractivity contribution in [3.63, 3.8) is 0 Å². The molecular formula is C12H8N2O2S2. The molecule has 2 aromatic heterocycles. The van der Waals surface area contributed by atoms with Crippen molar-refractivity contribution in [3.8, 4) is 17.3 Å². The maximum absolute atomic E-state index is 10.6. The first-order valence-corrected chi connectivity index (χ1v) is 6.92. The molecule has 0 atom stereocenters. The van der Waals surface area contributed by atoms with Crippen LogP contribution in [-0.4, -0.2) is 21.8 Å². The number of aliphatic carboxylic acids is 1. The summed E-state index contributed by atoms with van der Waals surface area (Å²) >= 11 is 2.62. The fourth-order valence-corrected chi connectivity index (χ4v) is 2.68. The lowest BCUT2D eigenvalue weighted by Crippen LogP contribution is -1.99. The van der Waals surface area contributed by atoms with Crippen LogP contribution < -0.4 is 0 Å². The second-order valence-corrected chi connectivity index (χ2v) is 5.10. The number of hydrogen-bond acceptors (Lipinski definition) is 5. The molecule has 1 N–H and O–H groups in total. The van der Waals surface area contributed by atoms with Gasteiger partial charge in [-0.25, -0.2) is 4.98 Å². The Morgan fingerprint density at radius 3 is 2.94 bits per heavy atom. The highest BCUT2D eigenvalue weighted by atomic mass is 32.2. The number of carboxylic acids is 1. The van der Waals surface area contributed by atoms with Crippen molar-refractivity contribution in [1.82, 2.24) is 4.98 Å². The molecule has 2 heterocycles. The molecule has 90 valence electrons. The van der Waals surface area contributed by atoms with Gasteiger partial charge in [-0.05, 0) is 23.6 Å². The van der Waals surface area contributed by atoms with Gasteiger partial charge < -0.3 is 5.11 Å². The maximum atomic E-state index is 10.6. The number of aromatic nitrogens is 1. The van der Waals surface area contributed by atoms with Gasteiger partial charge in [0.25, 0.3) is 0 Å². The Morgan fingerprint density at radius 2 is 2.33 bits per heavy atom. The first-order chi connectivity index (χ1) is 8.70. The van der Waals surface area contributed by atoms with Gasteiger partial charge >= 0.3 is 5.97 Å². The molecule has 0 bridgehead atoms. The summed E-state index contributed by atoms with van der Waals surface area (Å²) in [7, 11) is 0. The minimum absolute atomic E-state index is 0.102. The van der Waals surface area contributed by atoms with Gasteiger partial charge in [0.2, 0.25) is 0 Å². The highest BCUT2D eigenvalue weighted by Gasteiger charge is 2.09. The number of thioether (sulfide) groups is 1. The standard InChI is InChI=1S/C12H8N2O2S2/c13-5-8-1-2-10(9-3-4-17-6-9)14-12(8)18-7-11(15)16/h1-4,6H,7H2,(H,15,16). The number of carboxylic acid groups (broad SMARTS) is 1. The molecule has 0 aliphatic heterocycles. The average molecular weight is 276 g/mol. The Hall–Kier alpha value is -1.84. The quantitative estimate of drug-likeness (QED) is 0.869. The summed E-state index contributed by atoms with van der Waals surface area (Å²) in [6.45, 7) is 0. The minimum atomic E-state index is -0.924. The lowest BCUT2D eigenvalue weighted by atomic mass is 10.2. The van der Waals surface area contributed by atoms with Crippen LogP contribution in [0, 0.1) is 11.3 Å². The van der Waals surface area contributed by atoms with Crippen LogP contribution in [0.4, 0.5) is 0 Å². The lowest BCUT2D eigenvalue weighted by molar-refractivity contribution is -0.133. The highest BCUT2D eigenvalue weighted by Crippen LogP contribution is 2.26. The van der Waals surface area contributed by atoms with Crippen molar-refractivity contribution in [1.29, 1.82) is 5.26 Å². The van der Waals surface area contributed by atoms with Crippen LogP contribution in [-0.2, 0) is 4.79 Å². The van der Waals surface area contributed by atoms with Gasteiger partial charge in [0, 0.05) is 10.9 Å². The molecule has 0 fully saturated rings. The van der Waals surface area contributed by atoms with E-state index in [-0.39, 0.29) is 5.75 Å². The van der Waals surface area contributed by atoms with E-state index in [0.717, 1.165) is 23.0 Å². The van der Waals surface area contributed by atoms with E-state index in [0.29, 0.717) is 10.6 Å². The van der Waals surface area contributed by atoms with Crippen LogP contribution >= 0.6 is 23.1 Å². The Morgan fingerprint density at radius 1 is 1.50 bits per heavy atom. The molecule has 0 radical (unpaired) electrons. The number of carbonyl (C=O) groups is 1. The summed E-state index contributed by atoms with van der Waals surface area (Å²) in [6, 6.07) is 7.39. The third-order valence-electron chi connectivity index (χ3n) is 2.13. The molecule has 0 saturated carbocycles. The third kappa shape index (κ3) is 2.88. The number of hydrogen-bond donors (Lipinski definition) is 1. The first-order valence-electron chi connectivity index (χ1n) is 4.99. The molecule has 0 aliphatic rings. The Labute approximate surface area is 112 Å². The number of rotatable bonds is 4. The van der Waals surface area contributed by atoms with Crippen LogP contribution in [0.5, 0.6) is 0 Å². The van der Waals surface area contributed by atoms with Crippen LogP contribution in [0.1, 0.15) is 5.56 Å². The van der Waals surface area contributed by atoms with E-state index in [9.17, 15) is 4.79 Å². The molecule has 0 amide bonds. The molecule has 2 aromatic rings. The molecule has 4 nitrogen and oxygen atoms in total. The van der Waals surface area contributed by atoms with Gasteiger partial charge in [0.05, 0.1) is 17.0 Å². The van der Waals surface area contributed by atoms with Crippen LogP contribution in [0.3, 0.4) is 0 Å². The normalized spacial score (nSPS) is 9.94. The van der Waals surface area contributed by atoms with Crippen molar-refractivity contribution in [2.45, 2.75) is 5.03 Å². The number of nitriles is 1. The zero-order valence-electron chi connectivity index (χ0n) is 9.16. The zero-order chi connectivity index (χ0) is 13.0. The summed E-state index contributed by atoms with van der Waals surface area (Å²) in [5.41, 5.74) is 2.13. The second-order valence-electron chi connectivity index (χ2n) is 3.36. The second kappa shape index (κ2) is 5.67. The van der Waals surface area contributed by atoms with E-state index in [4.69, 9.17) is 10.4 Å². The molecule has 0 aromatic carbocycles. The summed E-state index contributed by atoms with van der Waals surface area (Å²) in [6.07, 6.45) is 0. The van der Waals surface area contributed by atoms with E-state index in [2.05, 4.69) is 4.98 Å². The Bertz CT molecular complexity index is 603. The van der Waals surface area contributed by atoms with Crippen molar-refractivity contribution in [2.75, 3.05) is 5.75 Å². The van der Waals surface area contributed by atoms with Gasteiger partial charge in [-0.3, -0.25) is 4.79 Å². The van der Waals surface area contributed by atoms with E-state index in [1.165, 1.54) is 0 Å². The van der Waals surface area contributed by atoms with Crippen molar-refractivity contribution in [3.05, 3.63) is 34.5 Å². The lowest BCUT2D eigenvalue weighted by Gasteiger charge is -2.04. The smallest absolute Gasteiger partial charge is 0.313 e. The van der Waals surface area contributed by atoms with Gasteiger partial charge in [0.15, 0.2) is 0 Å². The first kappa shape index (κ1) is 12.6. The van der Waals surface area contributed by atoms with E-state index < -0.39 is 5.97 Å². The molecule has 18 heavy (non-hydrogen) atoms. The van der Waals surface area contributed by atoms with E-state index in [1.807, 2.05) is 22.9 Å². The summed E-state index contributed by atoms with van der Waals surface area (Å²) in [5, 5.41) is 22.0. The average Bonchev–Trinajstić information content (AvgIpc) is 2.89. The Kier molecular flexibility index (Phi) is 3.97. The zero-order valence-corrected chi connectivity index (χ0v) is 10.8. The van der Waals surface area contributed by atoms with Gasteiger partial charge in [-0.1, -0.05) is 11.8 Å². The van der Waals surface area contributed by atoms with Crippen molar-refractivity contribution in [2.24, 2.45) is 0 Å². The Balaban J connectivity index is 2.34. The topological polar surface area (TPSA) is 74.0 Å². The molecular weight excluding hydrogens is 268 g/mol. The molecule has 2 rings (SSSR count). The molecule has 6 heteroatoms. The highest BCUT2D eigenvalue weighted by molar-refractivity contribution is 7.99. The van der Waals surface area contributed by atoms with E-state index in [1.54, 1.807) is 23.5 Å². The number of thiophene rings is 1. The fourth-order valence-electron chi connectivity index (χ4n) is 1.34. The molecule has 0 aliphatic carbocycles. The van der Waals surface area contributed by atoms with Gasteiger partial charge in [-0.2, -0.15) is 16.6 Å². The van der Waals surface area contributed by atoms with Crippen LogP contribution in [0.15, 0.2) is 34.0 Å². The largest absolute Gasteiger partial charge is 0.481 e. The summed E-state index contributed by atoms with van der Waals surface area (Å²) in [4.78, 5) is 14.9. The maximum Gasteiger partial charge on any atom is 0.313 e. The fraction of sp³-hybridized carbons (Fsp3) is 0.0833. The monoisotopic (exact) mass is 276 g/mol. The van der Waals surface area contributed by atoms with Crippen LogP contribution in [0.25, 0.3) is 11.3 Å². The SMILES string of the molecule is N#Cc1ccc(-c2ccsc2)nc1SCC(=O)O. The molecule has 0 unspecified atom stereocenters. The molecule has 0 saturated heterocycles.